The minimum atomic E-state index is 0.779. The van der Waals surface area contributed by atoms with Crippen LogP contribution in [0.15, 0.2) is 69.9 Å². The zero-order chi connectivity index (χ0) is 13.9. The Labute approximate surface area is 134 Å². The number of hydrogen-bond acceptors (Lipinski definition) is 1. The third kappa shape index (κ3) is 3.19. The molecule has 0 unspecified atom stereocenters. The molecule has 0 spiro atoms. The molecule has 0 aliphatic carbocycles. The number of rotatable bonds is 3. The summed E-state index contributed by atoms with van der Waals surface area (Å²) in [7, 11) is 0. The van der Waals surface area contributed by atoms with Gasteiger partial charge in [0.2, 0.25) is 0 Å². The average Bonchev–Trinajstić information content (AvgIpc) is 2.90. The summed E-state index contributed by atoms with van der Waals surface area (Å²) in [6, 6.07) is 16.5. The lowest BCUT2D eigenvalue weighted by Crippen LogP contribution is -1.99. The maximum atomic E-state index is 4.43. The van der Waals surface area contributed by atoms with Crippen molar-refractivity contribution in [2.75, 3.05) is 0 Å². The minimum absolute atomic E-state index is 0.779. The van der Waals surface area contributed by atoms with E-state index in [1.54, 1.807) is 0 Å². The van der Waals surface area contributed by atoms with Crippen molar-refractivity contribution in [3.05, 3.63) is 75.4 Å². The Morgan fingerprint density at radius 2 is 1.70 bits per heavy atom. The Bertz CT molecular complexity index is 717. The van der Waals surface area contributed by atoms with E-state index in [1.807, 2.05) is 35.1 Å². The fraction of sp³-hybridized carbons (Fsp3) is 0.0625. The van der Waals surface area contributed by atoms with Gasteiger partial charge in [0, 0.05) is 20.7 Å². The molecular formula is C16H12Br2N2. The standard InChI is InChI=1S/C16H12Br2N2/c17-15-6-4-12(5-7-15)10-20-11-14(9-19-20)13-2-1-3-16(18)8-13/h1-9,11H,10H2. The highest BCUT2D eigenvalue weighted by atomic mass is 79.9. The Morgan fingerprint density at radius 1 is 0.900 bits per heavy atom. The molecule has 2 aromatic carbocycles. The Balaban J connectivity index is 1.82. The van der Waals surface area contributed by atoms with Crippen molar-refractivity contribution in [2.45, 2.75) is 6.54 Å². The molecule has 0 saturated carbocycles. The molecule has 100 valence electrons. The molecule has 0 atom stereocenters. The molecule has 0 fully saturated rings. The van der Waals surface area contributed by atoms with Gasteiger partial charge >= 0.3 is 0 Å². The molecule has 0 N–H and O–H groups in total. The first-order chi connectivity index (χ1) is 9.70. The summed E-state index contributed by atoms with van der Waals surface area (Å²) in [4.78, 5) is 0. The van der Waals surface area contributed by atoms with Gasteiger partial charge < -0.3 is 0 Å². The average molecular weight is 392 g/mol. The zero-order valence-corrected chi connectivity index (χ0v) is 13.8. The third-order valence-corrected chi connectivity index (χ3v) is 4.07. The lowest BCUT2D eigenvalue weighted by molar-refractivity contribution is 0.687. The van der Waals surface area contributed by atoms with Gasteiger partial charge in [-0.1, -0.05) is 56.1 Å². The summed E-state index contributed by atoms with van der Waals surface area (Å²) in [5, 5.41) is 4.43. The number of hydrogen-bond donors (Lipinski definition) is 0. The van der Waals surface area contributed by atoms with Gasteiger partial charge in [0.15, 0.2) is 0 Å². The predicted octanol–water partition coefficient (Wildman–Crippen LogP) is 5.12. The quantitative estimate of drug-likeness (QED) is 0.605. The van der Waals surface area contributed by atoms with Gasteiger partial charge in [-0.15, -0.1) is 0 Å². The van der Waals surface area contributed by atoms with Crippen molar-refractivity contribution in [1.82, 2.24) is 9.78 Å². The van der Waals surface area contributed by atoms with Crippen LogP contribution in [0.25, 0.3) is 11.1 Å². The molecule has 0 bridgehead atoms. The van der Waals surface area contributed by atoms with E-state index in [0.717, 1.165) is 21.1 Å². The molecule has 1 aromatic heterocycles. The number of halogens is 2. The maximum absolute atomic E-state index is 4.43. The van der Waals surface area contributed by atoms with Crippen LogP contribution in [0.3, 0.4) is 0 Å². The zero-order valence-electron chi connectivity index (χ0n) is 10.6. The molecule has 4 heteroatoms. The molecular weight excluding hydrogens is 380 g/mol. The summed E-state index contributed by atoms with van der Waals surface area (Å²) >= 11 is 6.94. The largest absolute Gasteiger partial charge is 0.268 e. The van der Waals surface area contributed by atoms with Crippen molar-refractivity contribution in [1.29, 1.82) is 0 Å². The Morgan fingerprint density at radius 3 is 2.45 bits per heavy atom. The van der Waals surface area contributed by atoms with E-state index in [4.69, 9.17) is 0 Å². The minimum Gasteiger partial charge on any atom is -0.268 e. The van der Waals surface area contributed by atoms with E-state index < -0.39 is 0 Å². The van der Waals surface area contributed by atoms with Crippen LogP contribution in [0.2, 0.25) is 0 Å². The molecule has 0 aliphatic rings. The van der Waals surface area contributed by atoms with Gasteiger partial charge in [-0.25, -0.2) is 0 Å². The summed E-state index contributed by atoms with van der Waals surface area (Å²) in [5.74, 6) is 0. The summed E-state index contributed by atoms with van der Waals surface area (Å²) in [6.07, 6.45) is 3.98. The molecule has 2 nitrogen and oxygen atoms in total. The predicted molar refractivity (Wildman–Crippen MR) is 88.6 cm³/mol. The second-order valence-corrected chi connectivity index (χ2v) is 6.39. The summed E-state index contributed by atoms with van der Waals surface area (Å²) in [6.45, 7) is 0.779. The third-order valence-electron chi connectivity index (χ3n) is 3.05. The van der Waals surface area contributed by atoms with Gasteiger partial charge in [-0.3, -0.25) is 4.68 Å². The van der Waals surface area contributed by atoms with Crippen LogP contribution in [0.5, 0.6) is 0 Å². The van der Waals surface area contributed by atoms with Gasteiger partial charge in [0.1, 0.15) is 0 Å². The van der Waals surface area contributed by atoms with Crippen molar-refractivity contribution < 1.29 is 0 Å². The van der Waals surface area contributed by atoms with Crippen molar-refractivity contribution in [3.63, 3.8) is 0 Å². The molecule has 3 aromatic rings. The van der Waals surface area contributed by atoms with Gasteiger partial charge in [0.05, 0.1) is 12.7 Å². The van der Waals surface area contributed by atoms with E-state index in [-0.39, 0.29) is 0 Å². The molecule has 20 heavy (non-hydrogen) atoms. The van der Waals surface area contributed by atoms with Crippen LogP contribution in [0, 0.1) is 0 Å². The van der Waals surface area contributed by atoms with E-state index in [0.29, 0.717) is 0 Å². The summed E-state index contributed by atoms with van der Waals surface area (Å²) < 4.78 is 4.13. The fourth-order valence-electron chi connectivity index (χ4n) is 2.04. The van der Waals surface area contributed by atoms with Crippen LogP contribution in [-0.2, 0) is 6.54 Å². The van der Waals surface area contributed by atoms with Crippen LogP contribution in [-0.4, -0.2) is 9.78 Å². The smallest absolute Gasteiger partial charge is 0.0659 e. The normalized spacial score (nSPS) is 10.7. The van der Waals surface area contributed by atoms with E-state index >= 15 is 0 Å². The second-order valence-electron chi connectivity index (χ2n) is 4.56. The molecule has 1 heterocycles. The SMILES string of the molecule is Brc1ccc(Cn2cc(-c3cccc(Br)c3)cn2)cc1. The van der Waals surface area contributed by atoms with Crippen molar-refractivity contribution in [3.8, 4) is 11.1 Å². The van der Waals surface area contributed by atoms with Crippen LogP contribution >= 0.6 is 31.9 Å². The van der Waals surface area contributed by atoms with Gasteiger partial charge in [0.25, 0.3) is 0 Å². The van der Waals surface area contributed by atoms with E-state index in [1.165, 1.54) is 11.1 Å². The van der Waals surface area contributed by atoms with Crippen LogP contribution in [0.4, 0.5) is 0 Å². The lowest BCUT2D eigenvalue weighted by atomic mass is 10.1. The Kier molecular flexibility index (Phi) is 4.03. The lowest BCUT2D eigenvalue weighted by Gasteiger charge is -2.02. The first kappa shape index (κ1) is 13.6. The van der Waals surface area contributed by atoms with Crippen molar-refractivity contribution in [2.24, 2.45) is 0 Å². The Hall–Kier alpha value is -1.39. The number of aromatic nitrogens is 2. The molecule has 0 saturated heterocycles. The second kappa shape index (κ2) is 5.94. The number of benzene rings is 2. The fourth-order valence-corrected chi connectivity index (χ4v) is 2.71. The number of nitrogens with zero attached hydrogens (tertiary/aromatic N) is 2. The van der Waals surface area contributed by atoms with Gasteiger partial charge in [-0.2, -0.15) is 5.10 Å². The van der Waals surface area contributed by atoms with Crippen LogP contribution in [0.1, 0.15) is 5.56 Å². The van der Waals surface area contributed by atoms with E-state index in [2.05, 4.69) is 67.4 Å². The maximum Gasteiger partial charge on any atom is 0.0659 e. The summed E-state index contributed by atoms with van der Waals surface area (Å²) in [5.41, 5.74) is 3.53. The molecule has 0 amide bonds. The monoisotopic (exact) mass is 390 g/mol. The topological polar surface area (TPSA) is 17.8 Å². The highest BCUT2D eigenvalue weighted by Gasteiger charge is 2.03. The van der Waals surface area contributed by atoms with Crippen molar-refractivity contribution >= 4 is 31.9 Å². The van der Waals surface area contributed by atoms with E-state index in [9.17, 15) is 0 Å². The molecule has 3 rings (SSSR count). The molecule has 0 radical (unpaired) electrons. The van der Waals surface area contributed by atoms with Gasteiger partial charge in [-0.05, 0) is 35.4 Å². The molecule has 0 aliphatic heterocycles. The first-order valence-corrected chi connectivity index (χ1v) is 7.82. The van der Waals surface area contributed by atoms with Crippen LogP contribution < -0.4 is 0 Å². The highest BCUT2D eigenvalue weighted by molar-refractivity contribution is 9.10. The highest BCUT2D eigenvalue weighted by Crippen LogP contribution is 2.22. The first-order valence-electron chi connectivity index (χ1n) is 6.23.